The second-order valence-electron chi connectivity index (χ2n) is 13.0. The second-order valence-corrected chi connectivity index (χ2v) is 13.0. The first kappa shape index (κ1) is 40.7. The Labute approximate surface area is 307 Å². The van der Waals surface area contributed by atoms with E-state index < -0.39 is 157 Å². The highest BCUT2D eigenvalue weighted by Crippen LogP contribution is 2.41. The molecule has 0 unspecified atom stereocenters. The summed E-state index contributed by atoms with van der Waals surface area (Å²) in [6.45, 7) is -2.56. The molecule has 0 aliphatic carbocycles. The molecule has 3 aliphatic rings. The minimum atomic E-state index is -2.05. The van der Waals surface area contributed by atoms with Crippen LogP contribution in [-0.4, -0.2) is 183 Å². The standard InChI is InChI=1S/C33H40O22/c34-6-15-19(40)23(44)26(47)31(51-15)49-10-4-13(39)18-14(5-10)50-28(9-1-2-11(37)12(38)3-9)29(22(18)43)54-33-30(25(46)21(42)17(8-36)53-33)55-32-27(48)24(45)20(41)16(7-35)52-32/h1-5,15-17,19-21,23-27,30-42,44-48H,6-8H2/t15-,16-,17-,19-,20-,21+,23+,24+,25+,26-,27-,30-,31+,32-,33-/m1/s1. The molecule has 0 saturated carbocycles. The van der Waals surface area contributed by atoms with Gasteiger partial charge in [-0.2, -0.15) is 0 Å². The lowest BCUT2D eigenvalue weighted by Crippen LogP contribution is -2.65. The summed E-state index contributed by atoms with van der Waals surface area (Å²) in [6, 6.07) is 5.03. The average Bonchev–Trinajstić information content (AvgIpc) is 3.16. The molecule has 304 valence electrons. The number of ether oxygens (including phenoxy) is 6. The summed E-state index contributed by atoms with van der Waals surface area (Å²) in [5.74, 6) is -3.84. The van der Waals surface area contributed by atoms with Crippen LogP contribution in [0, 0.1) is 0 Å². The van der Waals surface area contributed by atoms with Crippen LogP contribution in [0.5, 0.6) is 28.7 Å². The van der Waals surface area contributed by atoms with Crippen LogP contribution in [0.25, 0.3) is 22.3 Å². The molecule has 6 rings (SSSR count). The molecule has 4 heterocycles. The molecule has 14 N–H and O–H groups in total. The number of aliphatic hydroxyl groups is 11. The molecular weight excluding hydrogens is 748 g/mol. The number of hydrogen-bond acceptors (Lipinski definition) is 22. The molecule has 0 bridgehead atoms. The van der Waals surface area contributed by atoms with E-state index in [9.17, 15) is 76.3 Å². The Kier molecular flexibility index (Phi) is 12.0. The van der Waals surface area contributed by atoms with E-state index in [4.69, 9.17) is 32.8 Å². The van der Waals surface area contributed by atoms with Crippen molar-refractivity contribution in [1.82, 2.24) is 0 Å². The molecule has 3 saturated heterocycles. The zero-order valence-electron chi connectivity index (χ0n) is 28.2. The minimum Gasteiger partial charge on any atom is -0.507 e. The Morgan fingerprint density at radius 1 is 0.564 bits per heavy atom. The number of aliphatic hydroxyl groups excluding tert-OH is 11. The molecule has 22 heteroatoms. The molecule has 3 fully saturated rings. The maximum Gasteiger partial charge on any atom is 0.239 e. The fourth-order valence-corrected chi connectivity index (χ4v) is 6.33. The van der Waals surface area contributed by atoms with Gasteiger partial charge in [-0.15, -0.1) is 0 Å². The first-order valence-corrected chi connectivity index (χ1v) is 16.7. The van der Waals surface area contributed by atoms with E-state index in [1.807, 2.05) is 0 Å². The van der Waals surface area contributed by atoms with Crippen LogP contribution in [-0.2, 0) is 18.9 Å². The van der Waals surface area contributed by atoms with Gasteiger partial charge >= 0.3 is 0 Å². The van der Waals surface area contributed by atoms with E-state index >= 15 is 0 Å². The first-order chi connectivity index (χ1) is 26.1. The Bertz CT molecular complexity index is 1870. The third-order valence-electron chi connectivity index (χ3n) is 9.44. The molecule has 22 nitrogen and oxygen atoms in total. The zero-order chi connectivity index (χ0) is 40.0. The summed E-state index contributed by atoms with van der Waals surface area (Å²) in [7, 11) is 0. The lowest BCUT2D eigenvalue weighted by atomic mass is 9.97. The van der Waals surface area contributed by atoms with Gasteiger partial charge < -0.3 is 104 Å². The largest absolute Gasteiger partial charge is 0.507 e. The SMILES string of the molecule is O=c1c(O[C@H]2O[C@H](CO)[C@H](O)[C@H](O)[C@H]2O[C@H]2O[C@H](CO)[C@@H](O)[C@H](O)[C@H]2O)c(-c2ccc(O)c(O)c2)oc2cc(O[C@H]3O[C@H](CO)[C@@H](O)[C@H](O)[C@H]3O)cc(O)c12. The van der Waals surface area contributed by atoms with Crippen molar-refractivity contribution in [2.45, 2.75) is 92.1 Å². The topological polar surface area (TPSA) is 369 Å². The summed E-state index contributed by atoms with van der Waals surface area (Å²) in [5, 5.41) is 143. The highest BCUT2D eigenvalue weighted by atomic mass is 16.8. The predicted molar refractivity (Wildman–Crippen MR) is 174 cm³/mol. The number of benzene rings is 2. The van der Waals surface area contributed by atoms with Crippen molar-refractivity contribution in [2.75, 3.05) is 19.8 Å². The lowest BCUT2D eigenvalue weighted by Gasteiger charge is -2.45. The van der Waals surface area contributed by atoms with Gasteiger partial charge in [0.15, 0.2) is 29.7 Å². The maximum absolute atomic E-state index is 14.2. The monoisotopic (exact) mass is 788 g/mol. The quantitative estimate of drug-likeness (QED) is 0.0853. The van der Waals surface area contributed by atoms with E-state index in [1.54, 1.807) is 0 Å². The number of hydrogen-bond donors (Lipinski definition) is 14. The molecule has 15 atom stereocenters. The van der Waals surface area contributed by atoms with Gasteiger partial charge in [0.2, 0.25) is 23.8 Å². The van der Waals surface area contributed by atoms with Crippen LogP contribution < -0.4 is 14.9 Å². The number of fused-ring (bicyclic) bond motifs is 1. The van der Waals surface area contributed by atoms with E-state index in [0.29, 0.717) is 0 Å². The van der Waals surface area contributed by atoms with Crippen molar-refractivity contribution in [2.24, 2.45) is 0 Å². The smallest absolute Gasteiger partial charge is 0.239 e. The van der Waals surface area contributed by atoms with Crippen LogP contribution in [0.3, 0.4) is 0 Å². The van der Waals surface area contributed by atoms with E-state index in [-0.39, 0.29) is 11.3 Å². The van der Waals surface area contributed by atoms with Crippen molar-refractivity contribution in [3.05, 3.63) is 40.6 Å². The molecule has 0 amide bonds. The molecule has 1 aromatic heterocycles. The van der Waals surface area contributed by atoms with Crippen molar-refractivity contribution in [3.63, 3.8) is 0 Å². The Hall–Kier alpha value is -3.95. The molecular formula is C33H40O22. The van der Waals surface area contributed by atoms with Crippen molar-refractivity contribution < 1.29 is 104 Å². The van der Waals surface area contributed by atoms with E-state index in [1.165, 1.54) is 6.07 Å². The van der Waals surface area contributed by atoms with Gasteiger partial charge in [0.05, 0.1) is 19.8 Å². The third kappa shape index (κ3) is 7.63. The second kappa shape index (κ2) is 16.3. The van der Waals surface area contributed by atoms with Crippen molar-refractivity contribution in [3.8, 4) is 40.1 Å². The van der Waals surface area contributed by atoms with Crippen LogP contribution in [0.15, 0.2) is 39.5 Å². The number of aromatic hydroxyl groups is 3. The van der Waals surface area contributed by atoms with Crippen LogP contribution in [0.2, 0.25) is 0 Å². The van der Waals surface area contributed by atoms with Crippen LogP contribution >= 0.6 is 0 Å². The van der Waals surface area contributed by atoms with Gasteiger partial charge in [-0.25, -0.2) is 0 Å². The minimum absolute atomic E-state index is 0.162. The van der Waals surface area contributed by atoms with Crippen molar-refractivity contribution in [1.29, 1.82) is 0 Å². The van der Waals surface area contributed by atoms with Gasteiger partial charge in [-0.3, -0.25) is 4.79 Å². The Morgan fingerprint density at radius 2 is 1.11 bits per heavy atom. The zero-order valence-corrected chi connectivity index (χ0v) is 28.2. The summed E-state index contributed by atoms with van der Waals surface area (Å²) < 4.78 is 39.5. The van der Waals surface area contributed by atoms with Crippen molar-refractivity contribution >= 4 is 11.0 Å². The maximum atomic E-state index is 14.2. The highest BCUT2D eigenvalue weighted by Gasteiger charge is 2.52. The fourth-order valence-electron chi connectivity index (χ4n) is 6.33. The lowest BCUT2D eigenvalue weighted by molar-refractivity contribution is -0.358. The Morgan fingerprint density at radius 3 is 1.69 bits per heavy atom. The van der Waals surface area contributed by atoms with Gasteiger partial charge in [-0.1, -0.05) is 0 Å². The highest BCUT2D eigenvalue weighted by molar-refractivity contribution is 5.88. The summed E-state index contributed by atoms with van der Waals surface area (Å²) in [4.78, 5) is 14.2. The van der Waals surface area contributed by atoms with Gasteiger partial charge in [0.25, 0.3) is 0 Å². The Balaban J connectivity index is 1.43. The molecule has 0 spiro atoms. The van der Waals surface area contributed by atoms with Crippen LogP contribution in [0.1, 0.15) is 0 Å². The van der Waals surface area contributed by atoms with Crippen LogP contribution in [0.4, 0.5) is 0 Å². The normalized spacial score (nSPS) is 36.8. The molecule has 3 aliphatic heterocycles. The van der Waals surface area contributed by atoms with Gasteiger partial charge in [-0.05, 0) is 18.2 Å². The fraction of sp³-hybridized carbons (Fsp3) is 0.545. The average molecular weight is 789 g/mol. The van der Waals surface area contributed by atoms with Gasteiger partial charge in [0, 0.05) is 17.7 Å². The first-order valence-electron chi connectivity index (χ1n) is 16.7. The third-order valence-corrected chi connectivity index (χ3v) is 9.44. The van der Waals surface area contributed by atoms with E-state index in [0.717, 1.165) is 24.3 Å². The number of rotatable bonds is 10. The molecule has 3 aromatic rings. The molecule has 0 radical (unpaired) electrons. The summed E-state index contributed by atoms with van der Waals surface area (Å²) >= 11 is 0. The number of phenols is 3. The molecule has 55 heavy (non-hydrogen) atoms. The summed E-state index contributed by atoms with van der Waals surface area (Å²) in [5.41, 5.74) is -1.77. The molecule has 2 aromatic carbocycles. The van der Waals surface area contributed by atoms with Gasteiger partial charge in [0.1, 0.15) is 89.6 Å². The predicted octanol–water partition coefficient (Wildman–Crippen LogP) is -5.24. The number of phenolic OH excluding ortho intramolecular Hbond substituents is 3. The van der Waals surface area contributed by atoms with E-state index in [2.05, 4.69) is 0 Å². The summed E-state index contributed by atoms with van der Waals surface area (Å²) in [6.07, 6.45) is -27.2.